The zero-order chi connectivity index (χ0) is 9.52. The molecule has 0 saturated carbocycles. The average molecular weight is 171 g/mol. The van der Waals surface area contributed by atoms with Gasteiger partial charge in [0.05, 0.1) is 6.07 Å². The molecule has 0 saturated heterocycles. The van der Waals surface area contributed by atoms with Crippen LogP contribution in [0.2, 0.25) is 0 Å². The van der Waals surface area contributed by atoms with Crippen LogP contribution in [0.1, 0.15) is 12.0 Å². The van der Waals surface area contributed by atoms with Crippen molar-refractivity contribution in [3.63, 3.8) is 0 Å². The van der Waals surface area contributed by atoms with Gasteiger partial charge in [0.15, 0.2) is 0 Å². The Morgan fingerprint density at radius 1 is 1.38 bits per heavy atom. The van der Waals surface area contributed by atoms with Gasteiger partial charge in [0.1, 0.15) is 6.29 Å². The summed E-state index contributed by atoms with van der Waals surface area (Å²) in [6, 6.07) is 11.5. The highest BCUT2D eigenvalue weighted by Crippen LogP contribution is 2.07. The molecule has 64 valence electrons. The summed E-state index contributed by atoms with van der Waals surface area (Å²) in [6.45, 7) is 0. The van der Waals surface area contributed by atoms with E-state index in [1.165, 1.54) is 0 Å². The molecule has 1 rings (SSSR count). The number of carbonyl (C=O) groups is 1. The molecule has 2 heteroatoms. The molecule has 0 aliphatic carbocycles. The van der Waals surface area contributed by atoms with E-state index in [0.29, 0.717) is 5.57 Å². The number of carbonyl (C=O) groups excluding carboxylic acids is 1. The van der Waals surface area contributed by atoms with E-state index in [0.717, 1.165) is 11.8 Å². The van der Waals surface area contributed by atoms with Crippen LogP contribution < -0.4 is 0 Å². The summed E-state index contributed by atoms with van der Waals surface area (Å²) in [5.74, 6) is 0. The van der Waals surface area contributed by atoms with Crippen molar-refractivity contribution < 1.29 is 4.79 Å². The van der Waals surface area contributed by atoms with Crippen LogP contribution in [-0.2, 0) is 4.79 Å². The Morgan fingerprint density at radius 3 is 2.62 bits per heavy atom. The average Bonchev–Trinajstić information content (AvgIpc) is 2.19. The molecule has 0 bridgehead atoms. The van der Waals surface area contributed by atoms with Gasteiger partial charge in [-0.15, -0.1) is 0 Å². The predicted molar refractivity (Wildman–Crippen MR) is 50.7 cm³/mol. The Kier molecular flexibility index (Phi) is 3.46. The maximum absolute atomic E-state index is 10.2. The van der Waals surface area contributed by atoms with Crippen LogP contribution in [0.25, 0.3) is 6.08 Å². The first-order valence-electron chi connectivity index (χ1n) is 3.96. The second-order valence-corrected chi connectivity index (χ2v) is 2.56. The van der Waals surface area contributed by atoms with E-state index in [1.54, 1.807) is 6.08 Å². The third-order valence-electron chi connectivity index (χ3n) is 1.59. The third kappa shape index (κ3) is 2.92. The Morgan fingerprint density at radius 2 is 2.08 bits per heavy atom. The minimum Gasteiger partial charge on any atom is -0.303 e. The molecule has 0 unspecified atom stereocenters. The van der Waals surface area contributed by atoms with Gasteiger partial charge in [-0.25, -0.2) is 0 Å². The van der Waals surface area contributed by atoms with Crippen molar-refractivity contribution in [1.29, 1.82) is 5.26 Å². The third-order valence-corrected chi connectivity index (χ3v) is 1.59. The summed E-state index contributed by atoms with van der Waals surface area (Å²) < 4.78 is 0. The van der Waals surface area contributed by atoms with E-state index in [9.17, 15) is 4.79 Å². The zero-order valence-electron chi connectivity index (χ0n) is 7.10. The summed E-state index contributed by atoms with van der Waals surface area (Å²) >= 11 is 0. The fourth-order valence-electron chi connectivity index (χ4n) is 0.977. The van der Waals surface area contributed by atoms with E-state index in [-0.39, 0.29) is 6.42 Å². The van der Waals surface area contributed by atoms with Crippen LogP contribution >= 0.6 is 0 Å². The Hall–Kier alpha value is -1.88. The van der Waals surface area contributed by atoms with Gasteiger partial charge in [0.25, 0.3) is 0 Å². The van der Waals surface area contributed by atoms with Crippen LogP contribution in [0, 0.1) is 11.3 Å². The molecular formula is C11H9NO. The molecule has 13 heavy (non-hydrogen) atoms. The number of nitriles is 1. The number of aldehydes is 1. The van der Waals surface area contributed by atoms with Crippen molar-refractivity contribution in [3.8, 4) is 6.07 Å². The molecule has 2 nitrogen and oxygen atoms in total. The van der Waals surface area contributed by atoms with Gasteiger partial charge in [0.2, 0.25) is 0 Å². The number of allylic oxidation sites excluding steroid dienone is 1. The monoisotopic (exact) mass is 171 g/mol. The van der Waals surface area contributed by atoms with Crippen molar-refractivity contribution >= 4 is 12.4 Å². The van der Waals surface area contributed by atoms with Crippen LogP contribution in [-0.4, -0.2) is 6.29 Å². The summed E-state index contributed by atoms with van der Waals surface area (Å²) in [7, 11) is 0. The first kappa shape index (κ1) is 9.21. The van der Waals surface area contributed by atoms with E-state index < -0.39 is 0 Å². The van der Waals surface area contributed by atoms with Crippen LogP contribution in [0.15, 0.2) is 35.9 Å². The Labute approximate surface area is 77.1 Å². The topological polar surface area (TPSA) is 40.9 Å². The molecule has 0 spiro atoms. The molecular weight excluding hydrogens is 162 g/mol. The smallest absolute Gasteiger partial charge is 0.125 e. The van der Waals surface area contributed by atoms with E-state index in [4.69, 9.17) is 5.26 Å². The van der Waals surface area contributed by atoms with Crippen molar-refractivity contribution in [2.75, 3.05) is 0 Å². The quantitative estimate of drug-likeness (QED) is 0.516. The van der Waals surface area contributed by atoms with Crippen LogP contribution in [0.3, 0.4) is 0 Å². The lowest BCUT2D eigenvalue weighted by Gasteiger charge is -1.92. The normalized spacial score (nSPS) is 10.5. The number of hydrogen-bond donors (Lipinski definition) is 0. The van der Waals surface area contributed by atoms with Gasteiger partial charge in [-0.05, 0) is 11.6 Å². The maximum atomic E-state index is 10.2. The first-order valence-corrected chi connectivity index (χ1v) is 3.96. The van der Waals surface area contributed by atoms with Crippen molar-refractivity contribution in [1.82, 2.24) is 0 Å². The number of nitrogens with zero attached hydrogens (tertiary/aromatic N) is 1. The van der Waals surface area contributed by atoms with E-state index >= 15 is 0 Å². The molecule has 0 fully saturated rings. The Balaban J connectivity index is 2.86. The molecule has 0 atom stereocenters. The van der Waals surface area contributed by atoms with Gasteiger partial charge >= 0.3 is 0 Å². The minimum atomic E-state index is 0.186. The first-order chi connectivity index (χ1) is 6.36. The molecule has 1 aromatic rings. The Bertz CT molecular complexity index is 346. The fourth-order valence-corrected chi connectivity index (χ4v) is 0.977. The molecule has 0 heterocycles. The summed E-state index contributed by atoms with van der Waals surface area (Å²) in [5, 5.41) is 8.64. The predicted octanol–water partition coefficient (Wildman–Crippen LogP) is 2.18. The van der Waals surface area contributed by atoms with E-state index in [2.05, 4.69) is 0 Å². The standard InChI is InChI=1S/C11H9NO/c12-9-11(6-7-13)8-10-4-2-1-3-5-10/h1-5,7-8H,6H2. The lowest BCUT2D eigenvalue weighted by atomic mass is 10.1. The molecule has 0 aromatic heterocycles. The fraction of sp³-hybridized carbons (Fsp3) is 0.0909. The van der Waals surface area contributed by atoms with Crippen molar-refractivity contribution in [2.45, 2.75) is 6.42 Å². The van der Waals surface area contributed by atoms with Gasteiger partial charge in [-0.2, -0.15) is 5.26 Å². The zero-order valence-corrected chi connectivity index (χ0v) is 7.10. The van der Waals surface area contributed by atoms with Gasteiger partial charge in [0, 0.05) is 12.0 Å². The highest BCUT2D eigenvalue weighted by atomic mass is 16.1. The molecule has 0 N–H and O–H groups in total. The molecule has 0 amide bonds. The lowest BCUT2D eigenvalue weighted by molar-refractivity contribution is -0.107. The number of benzene rings is 1. The van der Waals surface area contributed by atoms with Gasteiger partial charge in [-0.1, -0.05) is 30.3 Å². The molecule has 0 radical (unpaired) electrons. The van der Waals surface area contributed by atoms with Crippen LogP contribution in [0.4, 0.5) is 0 Å². The second-order valence-electron chi connectivity index (χ2n) is 2.56. The van der Waals surface area contributed by atoms with Crippen molar-refractivity contribution in [3.05, 3.63) is 41.5 Å². The highest BCUT2D eigenvalue weighted by molar-refractivity contribution is 5.65. The number of hydrogen-bond acceptors (Lipinski definition) is 2. The SMILES string of the molecule is N#CC(=Cc1ccccc1)CC=O. The second kappa shape index (κ2) is 4.89. The summed E-state index contributed by atoms with van der Waals surface area (Å²) in [4.78, 5) is 10.2. The summed E-state index contributed by atoms with van der Waals surface area (Å²) in [6.07, 6.45) is 2.64. The van der Waals surface area contributed by atoms with Gasteiger partial charge < -0.3 is 4.79 Å². The molecule has 0 aliphatic rings. The molecule has 0 aliphatic heterocycles. The number of rotatable bonds is 3. The van der Waals surface area contributed by atoms with Crippen molar-refractivity contribution in [2.24, 2.45) is 0 Å². The lowest BCUT2D eigenvalue weighted by Crippen LogP contribution is -1.80. The highest BCUT2D eigenvalue weighted by Gasteiger charge is 1.93. The van der Waals surface area contributed by atoms with E-state index in [1.807, 2.05) is 36.4 Å². The van der Waals surface area contributed by atoms with Crippen LogP contribution in [0.5, 0.6) is 0 Å². The maximum Gasteiger partial charge on any atom is 0.125 e. The molecule has 1 aromatic carbocycles. The van der Waals surface area contributed by atoms with Gasteiger partial charge in [-0.3, -0.25) is 0 Å². The largest absolute Gasteiger partial charge is 0.303 e. The minimum absolute atomic E-state index is 0.186. The summed E-state index contributed by atoms with van der Waals surface area (Å²) in [5.41, 5.74) is 1.43.